The number of nitrogens with one attached hydrogen (secondary N) is 1. The molecule has 1 fully saturated rings. The number of halogens is 3. The van der Waals surface area contributed by atoms with E-state index in [4.69, 9.17) is 0 Å². The zero-order chi connectivity index (χ0) is 25.9. The maximum atomic E-state index is 13.4. The highest BCUT2D eigenvalue weighted by Crippen LogP contribution is 2.21. The Morgan fingerprint density at radius 1 is 1.14 bits per heavy atom. The second-order valence-electron chi connectivity index (χ2n) is 8.37. The van der Waals surface area contributed by atoms with Gasteiger partial charge in [-0.3, -0.25) is 18.7 Å². The maximum Gasteiger partial charge on any atom is 0.491 e. The molecular weight excluding hydrogens is 473 g/mol. The Kier molecular flexibility index (Phi) is 7.83. The topological polar surface area (TPSA) is 120 Å². The third kappa shape index (κ3) is 5.81. The molecule has 0 unspecified atom stereocenters. The smallest absolute Gasteiger partial charge is 0.386 e. The second-order valence-corrected chi connectivity index (χ2v) is 8.37. The number of hydrogen-bond donors (Lipinski definition) is 1. The fourth-order valence-electron chi connectivity index (χ4n) is 3.70. The minimum Gasteiger partial charge on any atom is -0.386 e. The van der Waals surface area contributed by atoms with E-state index in [0.717, 1.165) is 23.2 Å². The van der Waals surface area contributed by atoms with Gasteiger partial charge in [0.15, 0.2) is 11.2 Å². The molecule has 35 heavy (non-hydrogen) atoms. The molecule has 2 aromatic rings. The summed E-state index contributed by atoms with van der Waals surface area (Å²) in [7, 11) is 1.47. The fourth-order valence-corrected chi connectivity index (χ4v) is 3.70. The molecule has 1 aliphatic heterocycles. The lowest BCUT2D eigenvalue weighted by molar-refractivity contribution is -0.201. The first-order chi connectivity index (χ1) is 16.4. The number of aromatic nitrogens is 4. The number of alkyl halides is 3. The zero-order valence-corrected chi connectivity index (χ0v) is 19.6. The molecule has 1 aliphatic rings. The molecule has 0 aliphatic carbocycles. The summed E-state index contributed by atoms with van der Waals surface area (Å²) in [4.78, 5) is 55.2. The van der Waals surface area contributed by atoms with Gasteiger partial charge in [0.25, 0.3) is 5.56 Å². The zero-order valence-electron chi connectivity index (χ0n) is 19.6. The van der Waals surface area contributed by atoms with E-state index in [1.807, 2.05) is 24.8 Å². The van der Waals surface area contributed by atoms with Crippen LogP contribution in [0.5, 0.6) is 0 Å². The van der Waals surface area contributed by atoms with Gasteiger partial charge in [0.1, 0.15) is 0 Å². The van der Waals surface area contributed by atoms with Crippen molar-refractivity contribution in [3.63, 3.8) is 0 Å². The van der Waals surface area contributed by atoms with Crippen LogP contribution in [0.25, 0.3) is 11.2 Å². The monoisotopic (exact) mass is 500 g/mol. The van der Waals surface area contributed by atoms with E-state index >= 15 is 0 Å². The summed E-state index contributed by atoms with van der Waals surface area (Å²) in [5.41, 5.74) is 0.130. The highest BCUT2D eigenvalue weighted by Gasteiger charge is 2.42. The molecule has 3 rings (SSSR count). The first kappa shape index (κ1) is 26.2. The minimum atomic E-state index is -5.29. The summed E-state index contributed by atoms with van der Waals surface area (Å²) >= 11 is 0. The van der Waals surface area contributed by atoms with E-state index in [2.05, 4.69) is 15.0 Å². The SMILES string of the molecule is CC(C)=CCn1c(N2CCNCC2)nc2c1c(=O)n(CCCC(=O)OC(=O)C(F)(F)F)c(=O)n2C. The van der Waals surface area contributed by atoms with Crippen molar-refractivity contribution in [2.75, 3.05) is 31.1 Å². The molecule has 192 valence electrons. The van der Waals surface area contributed by atoms with Gasteiger partial charge in [-0.1, -0.05) is 11.6 Å². The number of carbonyl (C=O) groups is 2. The molecule has 11 nitrogen and oxygen atoms in total. The lowest BCUT2D eigenvalue weighted by Crippen LogP contribution is -2.44. The van der Waals surface area contributed by atoms with Gasteiger partial charge in [0.05, 0.1) is 0 Å². The van der Waals surface area contributed by atoms with Crippen molar-refractivity contribution >= 4 is 29.1 Å². The van der Waals surface area contributed by atoms with Crippen LogP contribution < -0.4 is 21.5 Å². The number of anilines is 1. The molecule has 14 heteroatoms. The predicted octanol–water partition coefficient (Wildman–Crippen LogP) is 0.685. The van der Waals surface area contributed by atoms with Crippen LogP contribution in [0.2, 0.25) is 0 Å². The molecule has 0 atom stereocenters. The van der Waals surface area contributed by atoms with E-state index in [-0.39, 0.29) is 24.1 Å². The summed E-state index contributed by atoms with van der Waals surface area (Å²) in [6.07, 6.45) is -4.13. The van der Waals surface area contributed by atoms with E-state index in [9.17, 15) is 32.3 Å². The molecule has 0 spiro atoms. The van der Waals surface area contributed by atoms with Crippen LogP contribution in [0.1, 0.15) is 26.7 Å². The third-order valence-electron chi connectivity index (χ3n) is 5.49. The summed E-state index contributed by atoms with van der Waals surface area (Å²) in [6, 6.07) is 0. The largest absolute Gasteiger partial charge is 0.491 e. The number of nitrogens with zero attached hydrogens (tertiary/aromatic N) is 5. The van der Waals surface area contributed by atoms with Gasteiger partial charge in [-0.25, -0.2) is 9.59 Å². The van der Waals surface area contributed by atoms with Crippen molar-refractivity contribution in [2.24, 2.45) is 7.05 Å². The van der Waals surface area contributed by atoms with Gasteiger partial charge in [-0.2, -0.15) is 18.2 Å². The average Bonchev–Trinajstić information content (AvgIpc) is 3.18. The normalized spacial score (nSPS) is 14.3. The summed E-state index contributed by atoms with van der Waals surface area (Å²) in [6.45, 7) is 6.73. The van der Waals surface area contributed by atoms with Gasteiger partial charge in [0, 0.05) is 52.7 Å². The van der Waals surface area contributed by atoms with Crippen LogP contribution in [0.3, 0.4) is 0 Å². The molecule has 0 aromatic carbocycles. The molecular formula is C21H27F3N6O5. The van der Waals surface area contributed by atoms with Crippen molar-refractivity contribution in [3.05, 3.63) is 32.5 Å². The van der Waals surface area contributed by atoms with Crippen molar-refractivity contribution in [2.45, 2.75) is 46.0 Å². The Hall–Kier alpha value is -3.42. The van der Waals surface area contributed by atoms with Gasteiger partial charge in [-0.05, 0) is 20.3 Å². The van der Waals surface area contributed by atoms with Crippen LogP contribution in [0.4, 0.5) is 19.1 Å². The van der Waals surface area contributed by atoms with Gasteiger partial charge < -0.3 is 19.5 Å². The van der Waals surface area contributed by atoms with Crippen molar-refractivity contribution in [1.29, 1.82) is 0 Å². The van der Waals surface area contributed by atoms with Gasteiger partial charge >= 0.3 is 23.8 Å². The summed E-state index contributed by atoms with van der Waals surface area (Å²) in [5, 5.41) is 3.25. The van der Waals surface area contributed by atoms with Crippen LogP contribution in [0.15, 0.2) is 21.2 Å². The average molecular weight is 500 g/mol. The van der Waals surface area contributed by atoms with Gasteiger partial charge in [0.2, 0.25) is 5.95 Å². The number of rotatable bonds is 7. The molecule has 1 N–H and O–H groups in total. The van der Waals surface area contributed by atoms with E-state index in [0.29, 0.717) is 25.6 Å². The number of imidazole rings is 1. The van der Waals surface area contributed by atoms with E-state index < -0.39 is 35.8 Å². The molecule has 1 saturated heterocycles. The lowest BCUT2D eigenvalue weighted by Gasteiger charge is -2.28. The number of carbonyl (C=O) groups excluding carboxylic acids is 2. The second kappa shape index (κ2) is 10.5. The minimum absolute atomic E-state index is 0.183. The van der Waals surface area contributed by atoms with Crippen molar-refractivity contribution in [1.82, 2.24) is 24.0 Å². The molecule has 2 aromatic heterocycles. The van der Waals surface area contributed by atoms with E-state index in [1.165, 1.54) is 11.6 Å². The lowest BCUT2D eigenvalue weighted by atomic mass is 10.3. The number of hydrogen-bond acceptors (Lipinski definition) is 8. The number of fused-ring (bicyclic) bond motifs is 1. The Morgan fingerprint density at radius 3 is 2.40 bits per heavy atom. The third-order valence-corrected chi connectivity index (χ3v) is 5.49. The number of allylic oxidation sites excluding steroid dienone is 2. The van der Waals surface area contributed by atoms with Crippen LogP contribution in [-0.2, 0) is 34.5 Å². The van der Waals surface area contributed by atoms with Crippen molar-refractivity contribution in [3.8, 4) is 0 Å². The predicted molar refractivity (Wildman–Crippen MR) is 120 cm³/mol. The quantitative estimate of drug-likeness (QED) is 0.335. The van der Waals surface area contributed by atoms with Crippen molar-refractivity contribution < 1.29 is 27.5 Å². The van der Waals surface area contributed by atoms with Gasteiger partial charge in [-0.15, -0.1) is 0 Å². The number of ether oxygens (including phenoxy) is 1. The molecule has 0 radical (unpaired) electrons. The number of esters is 2. The number of piperazine rings is 1. The molecule has 0 bridgehead atoms. The fraction of sp³-hybridized carbons (Fsp3) is 0.571. The Bertz CT molecular complexity index is 1260. The number of aryl methyl sites for hydroxylation is 1. The standard InChI is InChI=1S/C21H27F3N6O5/c1-13(2)6-10-29-15-16(26-19(29)28-11-7-25-8-12-28)27(3)20(34)30(17(15)32)9-4-5-14(31)35-18(33)21(22,23)24/h6,25H,4-5,7-12H2,1-3H3. The highest BCUT2D eigenvalue weighted by atomic mass is 19.4. The van der Waals surface area contributed by atoms with Crippen LogP contribution in [-0.4, -0.2) is 63.0 Å². The Balaban J connectivity index is 1.95. The van der Waals surface area contributed by atoms with E-state index in [1.54, 1.807) is 4.57 Å². The Morgan fingerprint density at radius 2 is 1.80 bits per heavy atom. The maximum absolute atomic E-state index is 13.4. The molecule has 0 amide bonds. The van der Waals surface area contributed by atoms with Crippen LogP contribution >= 0.6 is 0 Å². The highest BCUT2D eigenvalue weighted by molar-refractivity contribution is 5.88. The molecule has 0 saturated carbocycles. The summed E-state index contributed by atoms with van der Waals surface area (Å²) < 4.78 is 44.4. The first-order valence-electron chi connectivity index (χ1n) is 11.0. The molecule has 3 heterocycles. The van der Waals surface area contributed by atoms with Crippen LogP contribution in [0, 0.1) is 0 Å². The first-order valence-corrected chi connectivity index (χ1v) is 11.0. The Labute approximate surface area is 197 Å². The summed E-state index contributed by atoms with van der Waals surface area (Å²) in [5.74, 6) is -3.45.